The molecule has 0 aliphatic carbocycles. The fourth-order valence-electron chi connectivity index (χ4n) is 1.71. The summed E-state index contributed by atoms with van der Waals surface area (Å²) in [7, 11) is 0. The van der Waals surface area contributed by atoms with Crippen molar-refractivity contribution in [3.05, 3.63) is 17.5 Å². The van der Waals surface area contributed by atoms with Gasteiger partial charge in [0.2, 0.25) is 0 Å². The molecule has 0 saturated carbocycles. The summed E-state index contributed by atoms with van der Waals surface area (Å²) in [6.07, 6.45) is 6.73. The maximum atomic E-state index is 4.31. The van der Waals surface area contributed by atoms with Crippen molar-refractivity contribution < 1.29 is 0 Å². The van der Waals surface area contributed by atoms with Gasteiger partial charge in [-0.3, -0.25) is 5.10 Å². The van der Waals surface area contributed by atoms with Gasteiger partial charge in [0.05, 0.1) is 5.69 Å². The molecule has 1 rings (SSSR count). The first-order chi connectivity index (χ1) is 9.36. The van der Waals surface area contributed by atoms with Gasteiger partial charge >= 0.3 is 0 Å². The van der Waals surface area contributed by atoms with Gasteiger partial charge < -0.3 is 10.6 Å². The second kappa shape index (κ2) is 11.6. The van der Waals surface area contributed by atoms with E-state index in [1.807, 2.05) is 23.5 Å². The van der Waals surface area contributed by atoms with Crippen molar-refractivity contribution >= 4 is 23.5 Å². The summed E-state index contributed by atoms with van der Waals surface area (Å²) < 4.78 is 0. The van der Waals surface area contributed by atoms with E-state index in [0.717, 1.165) is 31.9 Å². The van der Waals surface area contributed by atoms with E-state index in [0.29, 0.717) is 0 Å². The smallest absolute Gasteiger partial charge is 0.0763 e. The topological polar surface area (TPSA) is 52.7 Å². The molecule has 0 atom stereocenters. The fourth-order valence-corrected chi connectivity index (χ4v) is 2.58. The first-order valence-corrected chi connectivity index (χ1v) is 9.58. The summed E-state index contributed by atoms with van der Waals surface area (Å²) in [6, 6.07) is 2.14. The Labute approximate surface area is 125 Å². The van der Waals surface area contributed by atoms with Gasteiger partial charge in [0.25, 0.3) is 0 Å². The van der Waals surface area contributed by atoms with E-state index in [1.165, 1.54) is 30.0 Å². The van der Waals surface area contributed by atoms with Crippen LogP contribution in [0.4, 0.5) is 0 Å². The predicted octanol–water partition coefficient (Wildman–Crippen LogP) is 2.10. The number of aromatic amines is 1. The number of H-pyrrole nitrogens is 1. The van der Waals surface area contributed by atoms with Gasteiger partial charge in [0.1, 0.15) is 0 Å². The van der Waals surface area contributed by atoms with Crippen molar-refractivity contribution in [1.29, 1.82) is 0 Å². The van der Waals surface area contributed by atoms with E-state index in [9.17, 15) is 0 Å². The maximum absolute atomic E-state index is 4.31. The van der Waals surface area contributed by atoms with Gasteiger partial charge in [-0.2, -0.15) is 28.6 Å². The van der Waals surface area contributed by atoms with E-state index < -0.39 is 0 Å². The second-order valence-corrected chi connectivity index (χ2v) is 6.40. The van der Waals surface area contributed by atoms with Crippen LogP contribution >= 0.6 is 23.5 Å². The van der Waals surface area contributed by atoms with Gasteiger partial charge in [0, 0.05) is 18.8 Å². The highest BCUT2D eigenvalue weighted by Crippen LogP contribution is 2.00. The molecular formula is C13H26N4S2. The lowest BCUT2D eigenvalue weighted by atomic mass is 10.3. The Hall–Kier alpha value is -0.170. The highest BCUT2D eigenvalue weighted by Gasteiger charge is 2.00. The van der Waals surface area contributed by atoms with Crippen molar-refractivity contribution in [2.24, 2.45) is 0 Å². The molecule has 0 fully saturated rings. The number of nitrogens with zero attached hydrogens (tertiary/aromatic N) is 1. The summed E-state index contributed by atoms with van der Waals surface area (Å²) >= 11 is 3.79. The summed E-state index contributed by atoms with van der Waals surface area (Å²) in [5.74, 6) is 2.44. The summed E-state index contributed by atoms with van der Waals surface area (Å²) in [5.41, 5.74) is 2.27. The molecular weight excluding hydrogens is 276 g/mol. The number of nitrogens with one attached hydrogen (secondary N) is 3. The van der Waals surface area contributed by atoms with E-state index in [2.05, 4.69) is 39.4 Å². The van der Waals surface area contributed by atoms with Crippen LogP contribution in [0, 0.1) is 0 Å². The first-order valence-electron chi connectivity index (χ1n) is 6.79. The number of rotatable bonds is 12. The standard InChI is InChI=1S/C13H26N4S2/c1-18-7-3-5-14-10-12-9-13(17-16-12)11-15-6-4-8-19-2/h9,14-15H,3-8,10-11H2,1-2H3,(H,16,17). The average Bonchev–Trinajstić information content (AvgIpc) is 2.86. The minimum absolute atomic E-state index is 0.858. The molecule has 0 spiro atoms. The zero-order valence-corrected chi connectivity index (χ0v) is 13.6. The maximum Gasteiger partial charge on any atom is 0.0763 e. The number of hydrogen-bond acceptors (Lipinski definition) is 5. The number of thioether (sulfide) groups is 2. The molecule has 6 heteroatoms. The molecule has 0 aliphatic rings. The quantitative estimate of drug-likeness (QED) is 0.516. The van der Waals surface area contributed by atoms with Crippen LogP contribution in [0.1, 0.15) is 24.2 Å². The third-order valence-electron chi connectivity index (χ3n) is 2.71. The molecule has 0 unspecified atom stereocenters. The minimum Gasteiger partial charge on any atom is -0.311 e. The Morgan fingerprint density at radius 3 is 2.32 bits per heavy atom. The van der Waals surface area contributed by atoms with Crippen LogP contribution < -0.4 is 10.6 Å². The van der Waals surface area contributed by atoms with Crippen LogP contribution in [-0.4, -0.2) is 47.3 Å². The van der Waals surface area contributed by atoms with Gasteiger partial charge in [-0.15, -0.1) is 0 Å². The molecule has 0 amide bonds. The van der Waals surface area contributed by atoms with Gasteiger partial charge in [-0.1, -0.05) is 0 Å². The summed E-state index contributed by atoms with van der Waals surface area (Å²) in [4.78, 5) is 0. The lowest BCUT2D eigenvalue weighted by Gasteiger charge is -2.01. The lowest BCUT2D eigenvalue weighted by molar-refractivity contribution is 0.662. The number of aromatic nitrogens is 2. The summed E-state index contributed by atoms with van der Waals surface area (Å²) in [5, 5.41) is 14.2. The Bertz CT molecular complexity index is 289. The van der Waals surface area contributed by atoms with Gasteiger partial charge in [-0.05, 0) is 56.0 Å². The van der Waals surface area contributed by atoms with Crippen molar-refractivity contribution in [1.82, 2.24) is 20.8 Å². The Balaban J connectivity index is 2.07. The van der Waals surface area contributed by atoms with Crippen molar-refractivity contribution in [2.45, 2.75) is 25.9 Å². The predicted molar refractivity (Wildman–Crippen MR) is 88.0 cm³/mol. The zero-order chi connectivity index (χ0) is 13.8. The Morgan fingerprint density at radius 2 is 1.68 bits per heavy atom. The molecule has 0 radical (unpaired) electrons. The first kappa shape index (κ1) is 16.9. The average molecular weight is 303 g/mol. The molecule has 1 aromatic rings. The fraction of sp³-hybridized carbons (Fsp3) is 0.769. The van der Waals surface area contributed by atoms with Crippen molar-refractivity contribution in [3.63, 3.8) is 0 Å². The van der Waals surface area contributed by atoms with Crippen LogP contribution in [0.5, 0.6) is 0 Å². The van der Waals surface area contributed by atoms with E-state index >= 15 is 0 Å². The van der Waals surface area contributed by atoms with Gasteiger partial charge in [-0.25, -0.2) is 0 Å². The SMILES string of the molecule is CSCCCNCc1cc(CNCCCSC)[nH]n1. The van der Waals surface area contributed by atoms with Crippen LogP contribution in [0.15, 0.2) is 6.07 Å². The third-order valence-corrected chi connectivity index (χ3v) is 4.10. The highest BCUT2D eigenvalue weighted by atomic mass is 32.2. The molecule has 1 aromatic heterocycles. The molecule has 4 nitrogen and oxygen atoms in total. The van der Waals surface area contributed by atoms with E-state index in [4.69, 9.17) is 0 Å². The lowest BCUT2D eigenvalue weighted by Crippen LogP contribution is -2.16. The largest absolute Gasteiger partial charge is 0.311 e. The monoisotopic (exact) mass is 302 g/mol. The molecule has 0 aromatic carbocycles. The molecule has 1 heterocycles. The Kier molecular flexibility index (Phi) is 10.3. The molecule has 0 bridgehead atoms. The van der Waals surface area contributed by atoms with Gasteiger partial charge in [0.15, 0.2) is 0 Å². The summed E-state index contributed by atoms with van der Waals surface area (Å²) in [6.45, 7) is 3.88. The van der Waals surface area contributed by atoms with Crippen molar-refractivity contribution in [2.75, 3.05) is 37.1 Å². The number of hydrogen-bond donors (Lipinski definition) is 3. The van der Waals surface area contributed by atoms with Crippen LogP contribution in [0.25, 0.3) is 0 Å². The molecule has 3 N–H and O–H groups in total. The van der Waals surface area contributed by atoms with E-state index in [-0.39, 0.29) is 0 Å². The minimum atomic E-state index is 0.858. The van der Waals surface area contributed by atoms with Crippen molar-refractivity contribution in [3.8, 4) is 0 Å². The normalized spacial score (nSPS) is 11.1. The van der Waals surface area contributed by atoms with Crippen LogP contribution in [0.3, 0.4) is 0 Å². The molecule has 110 valence electrons. The highest BCUT2D eigenvalue weighted by molar-refractivity contribution is 7.98. The molecule has 19 heavy (non-hydrogen) atoms. The second-order valence-electron chi connectivity index (χ2n) is 4.43. The zero-order valence-electron chi connectivity index (χ0n) is 12.0. The van der Waals surface area contributed by atoms with Crippen LogP contribution in [-0.2, 0) is 13.1 Å². The molecule has 0 aliphatic heterocycles. The molecule has 0 saturated heterocycles. The third kappa shape index (κ3) is 8.57. The van der Waals surface area contributed by atoms with Crippen LogP contribution in [0.2, 0.25) is 0 Å². The van der Waals surface area contributed by atoms with E-state index in [1.54, 1.807) is 0 Å². The Morgan fingerprint density at radius 1 is 1.05 bits per heavy atom.